The molecule has 1 aromatic rings. The predicted octanol–water partition coefficient (Wildman–Crippen LogP) is 1.25. The highest BCUT2D eigenvalue weighted by Crippen LogP contribution is 2.35. The number of likely N-dealkylation sites (N-methyl/N-ethyl adjacent to an activating group) is 1. The Bertz CT molecular complexity index is 555. The van der Waals surface area contributed by atoms with Crippen molar-refractivity contribution in [3.05, 3.63) is 18.2 Å². The smallest absolute Gasteiger partial charge is 0.268 e. The molecular weight excluding hydrogens is 270 g/mol. The number of fused-ring (bicyclic) bond motifs is 1. The zero-order chi connectivity index (χ0) is 15.6. The van der Waals surface area contributed by atoms with E-state index in [-0.39, 0.29) is 18.4 Å². The van der Waals surface area contributed by atoms with Crippen LogP contribution >= 0.6 is 0 Å². The molecule has 114 valence electrons. The van der Waals surface area contributed by atoms with Crippen molar-refractivity contribution in [2.45, 2.75) is 26.9 Å². The first-order valence-corrected chi connectivity index (χ1v) is 7.13. The Hall–Kier alpha value is -2.24. The lowest BCUT2D eigenvalue weighted by Gasteiger charge is -2.34. The van der Waals surface area contributed by atoms with Crippen LogP contribution in [0.1, 0.15) is 20.8 Å². The maximum atomic E-state index is 12.3. The fourth-order valence-electron chi connectivity index (χ4n) is 2.40. The number of amides is 2. The van der Waals surface area contributed by atoms with Crippen LogP contribution in [-0.2, 0) is 9.59 Å². The van der Waals surface area contributed by atoms with E-state index >= 15 is 0 Å². The Morgan fingerprint density at radius 2 is 2.05 bits per heavy atom. The van der Waals surface area contributed by atoms with Gasteiger partial charge in [-0.3, -0.25) is 14.5 Å². The number of benzene rings is 1. The highest BCUT2D eigenvalue weighted by atomic mass is 16.5. The van der Waals surface area contributed by atoms with Crippen molar-refractivity contribution in [2.75, 3.05) is 30.3 Å². The van der Waals surface area contributed by atoms with Gasteiger partial charge in [0, 0.05) is 18.8 Å². The third kappa shape index (κ3) is 2.94. The largest absolute Gasteiger partial charge is 0.479 e. The molecule has 0 spiro atoms. The lowest BCUT2D eigenvalue weighted by molar-refractivity contribution is -0.132. The van der Waals surface area contributed by atoms with Crippen LogP contribution in [0.25, 0.3) is 0 Å². The molecule has 0 aliphatic carbocycles. The third-order valence-corrected chi connectivity index (χ3v) is 3.60. The van der Waals surface area contributed by atoms with Crippen LogP contribution in [0.5, 0.6) is 5.75 Å². The van der Waals surface area contributed by atoms with Gasteiger partial charge in [-0.1, -0.05) is 0 Å². The van der Waals surface area contributed by atoms with Crippen LogP contribution in [0.4, 0.5) is 11.4 Å². The zero-order valence-corrected chi connectivity index (χ0v) is 12.6. The van der Waals surface area contributed by atoms with E-state index in [1.165, 1.54) is 4.90 Å². The van der Waals surface area contributed by atoms with Crippen molar-refractivity contribution in [2.24, 2.45) is 0 Å². The first-order valence-electron chi connectivity index (χ1n) is 7.13. The molecular formula is C15H21N3O3. The summed E-state index contributed by atoms with van der Waals surface area (Å²) in [6, 6.07) is 5.10. The first kappa shape index (κ1) is 15.2. The summed E-state index contributed by atoms with van der Waals surface area (Å²) in [5.74, 6) is 0.257. The number of nitrogens with zero attached hydrogens (tertiary/aromatic N) is 2. The van der Waals surface area contributed by atoms with Crippen molar-refractivity contribution in [3.63, 3.8) is 0 Å². The van der Waals surface area contributed by atoms with E-state index in [0.29, 0.717) is 30.2 Å². The van der Waals surface area contributed by atoms with E-state index in [9.17, 15) is 9.59 Å². The van der Waals surface area contributed by atoms with Crippen LogP contribution in [0, 0.1) is 0 Å². The van der Waals surface area contributed by atoms with Gasteiger partial charge in [0.1, 0.15) is 12.3 Å². The fourth-order valence-corrected chi connectivity index (χ4v) is 2.40. The summed E-state index contributed by atoms with van der Waals surface area (Å²) in [7, 11) is 0. The van der Waals surface area contributed by atoms with Crippen LogP contribution in [0.2, 0.25) is 0 Å². The quantitative estimate of drug-likeness (QED) is 0.847. The topological polar surface area (TPSA) is 75.9 Å². The molecule has 2 N–H and O–H groups in total. The predicted molar refractivity (Wildman–Crippen MR) is 81.2 cm³/mol. The summed E-state index contributed by atoms with van der Waals surface area (Å²) >= 11 is 0. The highest BCUT2D eigenvalue weighted by molar-refractivity contribution is 6.04. The maximum absolute atomic E-state index is 12.3. The molecule has 21 heavy (non-hydrogen) atoms. The SMILES string of the molecule is CCN(CC)C(=O)CN1C(=O)C(C)Oc2ccc(N)cc21. The number of carbonyl (C=O) groups excluding carboxylic acids is 2. The average molecular weight is 291 g/mol. The average Bonchev–Trinajstić information content (AvgIpc) is 2.46. The van der Waals surface area contributed by atoms with E-state index in [1.807, 2.05) is 13.8 Å². The number of nitrogen functional groups attached to an aromatic ring is 1. The molecule has 1 atom stereocenters. The zero-order valence-electron chi connectivity index (χ0n) is 12.6. The van der Waals surface area contributed by atoms with Crippen LogP contribution < -0.4 is 15.4 Å². The second kappa shape index (κ2) is 6.03. The van der Waals surface area contributed by atoms with E-state index in [2.05, 4.69) is 0 Å². The molecule has 1 aliphatic rings. The van der Waals surface area contributed by atoms with Gasteiger partial charge in [0.05, 0.1) is 5.69 Å². The summed E-state index contributed by atoms with van der Waals surface area (Å²) in [5.41, 5.74) is 6.86. The molecule has 6 nitrogen and oxygen atoms in total. The Morgan fingerprint density at radius 1 is 1.38 bits per heavy atom. The summed E-state index contributed by atoms with van der Waals surface area (Å²) in [6.45, 7) is 6.75. The standard InChI is InChI=1S/C15H21N3O3/c1-4-17(5-2)14(19)9-18-12-8-11(16)6-7-13(12)21-10(3)15(18)20/h6-8,10H,4-5,9,16H2,1-3H3. The highest BCUT2D eigenvalue weighted by Gasteiger charge is 2.33. The summed E-state index contributed by atoms with van der Waals surface area (Å²) < 4.78 is 5.55. The number of ether oxygens (including phenoxy) is 1. The molecule has 0 bridgehead atoms. The van der Waals surface area contributed by atoms with Crippen molar-refractivity contribution in [1.82, 2.24) is 4.90 Å². The van der Waals surface area contributed by atoms with E-state index in [1.54, 1.807) is 30.0 Å². The number of nitrogens with two attached hydrogens (primary N) is 1. The Labute approximate surface area is 124 Å². The minimum absolute atomic E-state index is 0.00463. The normalized spacial score (nSPS) is 17.2. The Kier molecular flexibility index (Phi) is 4.35. The monoisotopic (exact) mass is 291 g/mol. The van der Waals surface area contributed by atoms with Gasteiger partial charge in [0.25, 0.3) is 5.91 Å². The maximum Gasteiger partial charge on any atom is 0.268 e. The Balaban J connectivity index is 2.31. The first-order chi connectivity index (χ1) is 9.97. The molecule has 2 amide bonds. The molecule has 2 rings (SSSR count). The Morgan fingerprint density at radius 3 is 2.67 bits per heavy atom. The summed E-state index contributed by atoms with van der Waals surface area (Å²) in [5, 5.41) is 0. The van der Waals surface area contributed by atoms with Crippen molar-refractivity contribution in [3.8, 4) is 5.75 Å². The molecule has 6 heteroatoms. The third-order valence-electron chi connectivity index (χ3n) is 3.60. The minimum atomic E-state index is -0.606. The lowest BCUT2D eigenvalue weighted by atomic mass is 10.1. The second-order valence-electron chi connectivity index (χ2n) is 4.98. The van der Waals surface area contributed by atoms with Crippen LogP contribution in [0.15, 0.2) is 18.2 Å². The number of anilines is 2. The number of hydrogen-bond donors (Lipinski definition) is 1. The molecule has 0 radical (unpaired) electrons. The van der Waals surface area contributed by atoms with Gasteiger partial charge in [0.2, 0.25) is 5.91 Å². The van der Waals surface area contributed by atoms with Gasteiger partial charge in [-0.05, 0) is 39.0 Å². The number of carbonyl (C=O) groups is 2. The van der Waals surface area contributed by atoms with Gasteiger partial charge in [-0.15, -0.1) is 0 Å². The molecule has 0 fully saturated rings. The van der Waals surface area contributed by atoms with E-state index in [4.69, 9.17) is 10.5 Å². The van der Waals surface area contributed by atoms with Gasteiger partial charge >= 0.3 is 0 Å². The lowest BCUT2D eigenvalue weighted by Crippen LogP contribution is -2.49. The van der Waals surface area contributed by atoms with Crippen LogP contribution in [0.3, 0.4) is 0 Å². The summed E-state index contributed by atoms with van der Waals surface area (Å²) in [6.07, 6.45) is -0.606. The number of rotatable bonds is 4. The van der Waals surface area contributed by atoms with Crippen molar-refractivity contribution < 1.29 is 14.3 Å². The molecule has 1 aromatic carbocycles. The van der Waals surface area contributed by atoms with E-state index in [0.717, 1.165) is 0 Å². The molecule has 1 aliphatic heterocycles. The fraction of sp³-hybridized carbons (Fsp3) is 0.467. The van der Waals surface area contributed by atoms with Crippen molar-refractivity contribution in [1.29, 1.82) is 0 Å². The molecule has 1 unspecified atom stereocenters. The van der Waals surface area contributed by atoms with Crippen molar-refractivity contribution >= 4 is 23.2 Å². The van der Waals surface area contributed by atoms with Gasteiger partial charge < -0.3 is 15.4 Å². The van der Waals surface area contributed by atoms with Crippen LogP contribution in [-0.4, -0.2) is 42.5 Å². The number of hydrogen-bond acceptors (Lipinski definition) is 4. The summed E-state index contributed by atoms with van der Waals surface area (Å²) in [4.78, 5) is 27.8. The molecule has 0 saturated heterocycles. The van der Waals surface area contributed by atoms with Gasteiger partial charge in [-0.2, -0.15) is 0 Å². The second-order valence-corrected chi connectivity index (χ2v) is 4.98. The van der Waals surface area contributed by atoms with E-state index < -0.39 is 6.10 Å². The molecule has 1 heterocycles. The molecule has 0 aromatic heterocycles. The van der Waals surface area contributed by atoms with Gasteiger partial charge in [-0.25, -0.2) is 0 Å². The molecule has 0 saturated carbocycles. The minimum Gasteiger partial charge on any atom is -0.479 e. The van der Waals surface area contributed by atoms with Gasteiger partial charge in [0.15, 0.2) is 6.10 Å².